The summed E-state index contributed by atoms with van der Waals surface area (Å²) in [4.78, 5) is 0. The summed E-state index contributed by atoms with van der Waals surface area (Å²) < 4.78 is 5.10. The van der Waals surface area contributed by atoms with Crippen LogP contribution < -0.4 is 11.1 Å². The zero-order valence-electron chi connectivity index (χ0n) is 9.33. The summed E-state index contributed by atoms with van der Waals surface area (Å²) in [6.45, 7) is 5.28. The highest BCUT2D eigenvalue weighted by molar-refractivity contribution is 4.60. The van der Waals surface area contributed by atoms with Crippen molar-refractivity contribution in [2.45, 2.75) is 52.0 Å². The molecule has 0 aliphatic rings. The molecule has 0 saturated heterocycles. The quantitative estimate of drug-likeness (QED) is 0.486. The third kappa shape index (κ3) is 8.44. The van der Waals surface area contributed by atoms with Crippen molar-refractivity contribution >= 4 is 0 Å². The molecule has 0 aliphatic carbocycles. The summed E-state index contributed by atoms with van der Waals surface area (Å²) >= 11 is 0. The van der Waals surface area contributed by atoms with Gasteiger partial charge in [0.2, 0.25) is 6.41 Å². The number of nitrogens with one attached hydrogen (secondary N) is 1. The number of aliphatic hydroxyl groups is 1. The number of rotatable bonds is 9. The van der Waals surface area contributed by atoms with Crippen molar-refractivity contribution in [2.75, 3.05) is 13.2 Å². The molecule has 0 aromatic carbocycles. The molecule has 0 fully saturated rings. The third-order valence-electron chi connectivity index (χ3n) is 2.07. The summed E-state index contributed by atoms with van der Waals surface area (Å²) in [6.07, 6.45) is 3.34. The van der Waals surface area contributed by atoms with Crippen molar-refractivity contribution in [2.24, 2.45) is 5.73 Å². The first-order chi connectivity index (χ1) is 6.70. The summed E-state index contributed by atoms with van der Waals surface area (Å²) in [7, 11) is 0. The van der Waals surface area contributed by atoms with E-state index in [9.17, 15) is 0 Å². The molecule has 0 bridgehead atoms. The number of nitrogens with two attached hydrogens (primary N) is 1. The number of hydrogen-bond donors (Lipinski definition) is 3. The Hall–Kier alpha value is -0.160. The van der Waals surface area contributed by atoms with Crippen molar-refractivity contribution in [3.63, 3.8) is 0 Å². The van der Waals surface area contributed by atoms with Crippen LogP contribution in [0.1, 0.15) is 39.5 Å². The number of hydrogen-bond acceptors (Lipinski definition) is 4. The van der Waals surface area contributed by atoms with Gasteiger partial charge in [0, 0.05) is 6.04 Å². The molecule has 1 unspecified atom stereocenters. The van der Waals surface area contributed by atoms with E-state index in [0.717, 1.165) is 19.3 Å². The van der Waals surface area contributed by atoms with E-state index in [1.165, 1.54) is 6.42 Å². The monoisotopic (exact) mass is 204 g/mol. The molecule has 0 heterocycles. The lowest BCUT2D eigenvalue weighted by atomic mass is 10.1. The van der Waals surface area contributed by atoms with Crippen LogP contribution in [0.4, 0.5) is 0 Å². The van der Waals surface area contributed by atoms with Gasteiger partial charge in [-0.15, -0.1) is 0 Å². The highest BCUT2D eigenvalue weighted by Crippen LogP contribution is 2.02. The Balaban J connectivity index is 3.25. The zero-order chi connectivity index (χ0) is 10.8. The van der Waals surface area contributed by atoms with Crippen molar-refractivity contribution in [3.8, 4) is 0 Å². The molecule has 0 spiro atoms. The van der Waals surface area contributed by atoms with E-state index in [1.54, 1.807) is 0 Å². The first-order valence-corrected chi connectivity index (χ1v) is 5.49. The molecular weight excluding hydrogens is 180 g/mol. The molecule has 0 aromatic rings. The maximum absolute atomic E-state index is 9.16. The summed E-state index contributed by atoms with van der Waals surface area (Å²) in [5, 5.41) is 11.9. The van der Waals surface area contributed by atoms with E-state index in [4.69, 9.17) is 15.6 Å². The minimum Gasteiger partial charge on any atom is -0.356 e. The maximum Gasteiger partial charge on any atom is 0.213 e. The van der Waals surface area contributed by atoms with Crippen molar-refractivity contribution < 1.29 is 9.84 Å². The van der Waals surface area contributed by atoms with Crippen LogP contribution in [0.15, 0.2) is 0 Å². The maximum atomic E-state index is 9.16. The molecule has 4 N–H and O–H groups in total. The number of ether oxygens (including phenoxy) is 1. The first-order valence-electron chi connectivity index (χ1n) is 5.49. The van der Waals surface area contributed by atoms with Crippen LogP contribution in [0, 0.1) is 0 Å². The number of unbranched alkanes of at least 4 members (excludes halogenated alkanes) is 1. The van der Waals surface area contributed by atoms with Gasteiger partial charge in [0.1, 0.15) is 0 Å². The standard InChI is InChI=1S/C10H24N2O2/c1-3-5-6-9(11)7-8-14-10(13)12-4-2/h9-10,12-13H,3-8,11H2,1-2H3/t9-,10?/m0/s1. The van der Waals surface area contributed by atoms with Crippen LogP contribution in [0.2, 0.25) is 0 Å². The lowest BCUT2D eigenvalue weighted by Gasteiger charge is -2.14. The van der Waals surface area contributed by atoms with Gasteiger partial charge in [-0.25, -0.2) is 0 Å². The van der Waals surface area contributed by atoms with E-state index in [1.807, 2.05) is 6.92 Å². The lowest BCUT2D eigenvalue weighted by molar-refractivity contribution is -0.120. The molecule has 86 valence electrons. The van der Waals surface area contributed by atoms with Gasteiger partial charge >= 0.3 is 0 Å². The Morgan fingerprint density at radius 2 is 2.07 bits per heavy atom. The van der Waals surface area contributed by atoms with Gasteiger partial charge in [-0.05, 0) is 19.4 Å². The molecule has 0 saturated carbocycles. The second-order valence-corrected chi connectivity index (χ2v) is 3.47. The van der Waals surface area contributed by atoms with E-state index in [0.29, 0.717) is 13.2 Å². The fourth-order valence-electron chi connectivity index (χ4n) is 1.18. The topological polar surface area (TPSA) is 67.5 Å². The average Bonchev–Trinajstić information content (AvgIpc) is 2.15. The molecule has 14 heavy (non-hydrogen) atoms. The summed E-state index contributed by atoms with van der Waals surface area (Å²) in [5.41, 5.74) is 5.84. The van der Waals surface area contributed by atoms with Gasteiger partial charge in [0.15, 0.2) is 0 Å². The Morgan fingerprint density at radius 1 is 1.36 bits per heavy atom. The Bertz CT molecular complexity index is 123. The van der Waals surface area contributed by atoms with Crippen LogP contribution in [0.25, 0.3) is 0 Å². The van der Waals surface area contributed by atoms with Gasteiger partial charge in [0.05, 0.1) is 6.61 Å². The molecule has 2 atom stereocenters. The lowest BCUT2D eigenvalue weighted by Crippen LogP contribution is -2.32. The second kappa shape index (κ2) is 9.40. The zero-order valence-corrected chi connectivity index (χ0v) is 9.33. The summed E-state index contributed by atoms with van der Waals surface area (Å²) in [6, 6.07) is 0.198. The van der Waals surface area contributed by atoms with Crippen LogP contribution in [-0.2, 0) is 4.74 Å². The largest absolute Gasteiger partial charge is 0.356 e. The van der Waals surface area contributed by atoms with E-state index in [-0.39, 0.29) is 6.04 Å². The Morgan fingerprint density at radius 3 is 2.64 bits per heavy atom. The van der Waals surface area contributed by atoms with Crippen molar-refractivity contribution in [3.05, 3.63) is 0 Å². The SMILES string of the molecule is CCCC[C@H](N)CCOC(O)NCC. The molecular formula is C10H24N2O2. The molecule has 4 heteroatoms. The van der Waals surface area contributed by atoms with Gasteiger partial charge in [-0.1, -0.05) is 26.7 Å². The smallest absolute Gasteiger partial charge is 0.213 e. The van der Waals surface area contributed by atoms with Crippen molar-refractivity contribution in [1.29, 1.82) is 0 Å². The minimum absolute atomic E-state index is 0.198. The highest BCUT2D eigenvalue weighted by Gasteiger charge is 2.04. The molecule has 0 amide bonds. The van der Waals surface area contributed by atoms with Crippen LogP contribution >= 0.6 is 0 Å². The van der Waals surface area contributed by atoms with Crippen molar-refractivity contribution in [1.82, 2.24) is 5.32 Å². The molecule has 0 radical (unpaired) electrons. The van der Waals surface area contributed by atoms with Gasteiger partial charge in [-0.2, -0.15) is 0 Å². The Labute approximate surface area is 86.8 Å². The van der Waals surface area contributed by atoms with Crippen LogP contribution in [-0.4, -0.2) is 30.7 Å². The van der Waals surface area contributed by atoms with Gasteiger partial charge < -0.3 is 15.6 Å². The molecule has 4 nitrogen and oxygen atoms in total. The fourth-order valence-corrected chi connectivity index (χ4v) is 1.18. The predicted octanol–water partition coefficient (Wildman–Crippen LogP) is 0.796. The first kappa shape index (κ1) is 13.8. The number of aliphatic hydroxyl groups excluding tert-OH is 1. The van der Waals surface area contributed by atoms with E-state index >= 15 is 0 Å². The van der Waals surface area contributed by atoms with E-state index in [2.05, 4.69) is 12.2 Å². The predicted molar refractivity (Wildman–Crippen MR) is 57.8 cm³/mol. The highest BCUT2D eigenvalue weighted by atomic mass is 16.6. The minimum atomic E-state index is -0.849. The summed E-state index contributed by atoms with van der Waals surface area (Å²) in [5.74, 6) is 0. The molecule has 0 aliphatic heterocycles. The van der Waals surface area contributed by atoms with Crippen LogP contribution in [0.5, 0.6) is 0 Å². The molecule has 0 aromatic heterocycles. The third-order valence-corrected chi connectivity index (χ3v) is 2.07. The average molecular weight is 204 g/mol. The Kier molecular flexibility index (Phi) is 9.29. The fraction of sp³-hybridized carbons (Fsp3) is 1.00. The second-order valence-electron chi connectivity index (χ2n) is 3.47. The van der Waals surface area contributed by atoms with Gasteiger partial charge in [-0.3, -0.25) is 5.32 Å². The molecule has 0 rings (SSSR count). The van der Waals surface area contributed by atoms with Gasteiger partial charge in [0.25, 0.3) is 0 Å². The van der Waals surface area contributed by atoms with E-state index < -0.39 is 6.41 Å². The normalized spacial score (nSPS) is 15.4. The van der Waals surface area contributed by atoms with Crippen LogP contribution in [0.3, 0.4) is 0 Å².